The first-order valence-electron chi connectivity index (χ1n) is 10.5. The van der Waals surface area contributed by atoms with Gasteiger partial charge in [0, 0.05) is 17.6 Å². The Kier molecular flexibility index (Phi) is 4.94. The van der Waals surface area contributed by atoms with E-state index in [2.05, 4.69) is 41.0 Å². The first-order valence-corrected chi connectivity index (χ1v) is 10.5. The summed E-state index contributed by atoms with van der Waals surface area (Å²) in [6.45, 7) is 0.499. The molecule has 5 rings (SSSR count). The normalized spacial score (nSPS) is 23.1. The molecule has 1 amide bonds. The maximum atomic E-state index is 12.5. The average molecular weight is 386 g/mol. The summed E-state index contributed by atoms with van der Waals surface area (Å²) in [7, 11) is 0. The van der Waals surface area contributed by atoms with Crippen LogP contribution in [-0.2, 0) is 4.74 Å². The molecule has 2 N–H and O–H groups in total. The van der Waals surface area contributed by atoms with Gasteiger partial charge in [0.2, 0.25) is 0 Å². The molecular weight excluding hydrogens is 360 g/mol. The van der Waals surface area contributed by atoms with Crippen LogP contribution >= 0.6 is 0 Å². The van der Waals surface area contributed by atoms with E-state index in [-0.39, 0.29) is 6.09 Å². The number of amides is 1. The predicted octanol–water partition coefficient (Wildman–Crippen LogP) is 5.59. The lowest BCUT2D eigenvalue weighted by Crippen LogP contribution is -2.39. The summed E-state index contributed by atoms with van der Waals surface area (Å²) in [5, 5.41) is 8.98. The first kappa shape index (κ1) is 18.2. The second kappa shape index (κ2) is 7.88. The van der Waals surface area contributed by atoms with Crippen molar-refractivity contribution in [3.8, 4) is 11.1 Å². The van der Waals surface area contributed by atoms with E-state index >= 15 is 0 Å². The molecular formula is C25H26N2O2. The van der Waals surface area contributed by atoms with Gasteiger partial charge in [-0.2, -0.15) is 0 Å². The van der Waals surface area contributed by atoms with Gasteiger partial charge < -0.3 is 10.1 Å². The Labute approximate surface area is 171 Å². The number of rotatable bonds is 4. The van der Waals surface area contributed by atoms with E-state index in [0.29, 0.717) is 24.6 Å². The molecule has 2 fully saturated rings. The van der Waals surface area contributed by atoms with Crippen LogP contribution in [0.15, 0.2) is 66.7 Å². The van der Waals surface area contributed by atoms with Gasteiger partial charge >= 0.3 is 6.09 Å². The van der Waals surface area contributed by atoms with Crippen molar-refractivity contribution in [2.24, 2.45) is 5.92 Å². The van der Waals surface area contributed by atoms with Crippen molar-refractivity contribution >= 4 is 22.6 Å². The Morgan fingerprint density at radius 2 is 1.66 bits per heavy atom. The molecule has 0 radical (unpaired) electrons. The van der Waals surface area contributed by atoms with E-state index in [1.54, 1.807) is 0 Å². The Hall–Kier alpha value is -2.85. The minimum absolute atomic E-state index is 0.371. The van der Waals surface area contributed by atoms with Gasteiger partial charge in [0.25, 0.3) is 0 Å². The fourth-order valence-corrected chi connectivity index (χ4v) is 4.85. The molecule has 4 heteroatoms. The van der Waals surface area contributed by atoms with Crippen LogP contribution < -0.4 is 10.6 Å². The molecule has 2 unspecified atom stereocenters. The van der Waals surface area contributed by atoms with Crippen LogP contribution in [-0.4, -0.2) is 24.8 Å². The second-order valence-corrected chi connectivity index (χ2v) is 8.31. The van der Waals surface area contributed by atoms with Crippen LogP contribution in [0.4, 0.5) is 10.5 Å². The summed E-state index contributed by atoms with van der Waals surface area (Å²) < 4.78 is 5.59. The number of hydrogen-bond acceptors (Lipinski definition) is 3. The molecule has 2 atom stereocenters. The van der Waals surface area contributed by atoms with Crippen molar-refractivity contribution in [2.75, 3.05) is 11.9 Å². The molecule has 0 aliphatic carbocycles. The largest absolute Gasteiger partial charge is 0.449 e. The van der Waals surface area contributed by atoms with E-state index in [1.165, 1.54) is 23.6 Å². The molecule has 4 nitrogen and oxygen atoms in total. The highest BCUT2D eigenvalue weighted by Gasteiger charge is 2.33. The van der Waals surface area contributed by atoms with Gasteiger partial charge in [0.15, 0.2) is 0 Å². The summed E-state index contributed by atoms with van der Waals surface area (Å²) >= 11 is 0. The van der Waals surface area contributed by atoms with E-state index in [1.807, 2.05) is 36.4 Å². The summed E-state index contributed by atoms with van der Waals surface area (Å²) in [5.74, 6) is 0.468. The van der Waals surface area contributed by atoms with Crippen LogP contribution in [0, 0.1) is 5.92 Å². The number of piperidine rings is 1. The Balaban J connectivity index is 1.28. The van der Waals surface area contributed by atoms with Gasteiger partial charge in [-0.3, -0.25) is 5.32 Å². The van der Waals surface area contributed by atoms with E-state index in [9.17, 15) is 4.79 Å². The molecule has 3 aromatic carbocycles. The lowest BCUT2D eigenvalue weighted by atomic mass is 9.93. The quantitative estimate of drug-likeness (QED) is 0.615. The lowest BCUT2D eigenvalue weighted by Gasteiger charge is -2.28. The fraction of sp³-hybridized carbons (Fsp3) is 0.320. The standard InChI is InChI=1S/C25H26N2O2/c28-25(29-16-17-13-21-11-12-22(14-17)26-21)27-24-8-4-3-7-23(24)20-10-9-18-5-1-2-6-19(18)15-20/h1-10,15,17,21-22,26H,11-14,16H2,(H,27,28). The van der Waals surface area contributed by atoms with Gasteiger partial charge in [-0.15, -0.1) is 0 Å². The highest BCUT2D eigenvalue weighted by atomic mass is 16.5. The minimum atomic E-state index is -0.371. The number of anilines is 1. The zero-order valence-corrected chi connectivity index (χ0v) is 16.4. The third-order valence-electron chi connectivity index (χ3n) is 6.25. The van der Waals surface area contributed by atoms with Crippen molar-refractivity contribution in [3.05, 3.63) is 66.7 Å². The smallest absolute Gasteiger partial charge is 0.411 e. The maximum absolute atomic E-state index is 12.5. The van der Waals surface area contributed by atoms with Crippen LogP contribution in [0.1, 0.15) is 25.7 Å². The Morgan fingerprint density at radius 1 is 0.931 bits per heavy atom. The van der Waals surface area contributed by atoms with Gasteiger partial charge in [0.05, 0.1) is 12.3 Å². The monoisotopic (exact) mass is 386 g/mol. The van der Waals surface area contributed by atoms with Crippen LogP contribution in [0.3, 0.4) is 0 Å². The van der Waals surface area contributed by atoms with Crippen molar-refractivity contribution in [1.82, 2.24) is 5.32 Å². The Bertz CT molecular complexity index is 1020. The fourth-order valence-electron chi connectivity index (χ4n) is 4.85. The van der Waals surface area contributed by atoms with E-state index in [4.69, 9.17) is 4.74 Å². The number of hydrogen-bond donors (Lipinski definition) is 2. The molecule has 29 heavy (non-hydrogen) atoms. The van der Waals surface area contributed by atoms with Crippen LogP contribution in [0.25, 0.3) is 21.9 Å². The molecule has 0 saturated carbocycles. The first-order chi connectivity index (χ1) is 14.2. The molecule has 3 aromatic rings. The maximum Gasteiger partial charge on any atom is 0.411 e. The second-order valence-electron chi connectivity index (χ2n) is 8.31. The molecule has 2 aliphatic rings. The van der Waals surface area contributed by atoms with Crippen molar-refractivity contribution in [2.45, 2.75) is 37.8 Å². The van der Waals surface area contributed by atoms with Gasteiger partial charge in [-0.05, 0) is 60.1 Å². The molecule has 2 heterocycles. The van der Waals surface area contributed by atoms with Crippen molar-refractivity contribution in [1.29, 1.82) is 0 Å². The van der Waals surface area contributed by atoms with Gasteiger partial charge in [0.1, 0.15) is 0 Å². The number of para-hydroxylation sites is 1. The van der Waals surface area contributed by atoms with E-state index in [0.717, 1.165) is 29.7 Å². The molecule has 2 aliphatic heterocycles. The third kappa shape index (κ3) is 3.99. The number of carbonyl (C=O) groups is 1. The molecule has 2 saturated heterocycles. The highest BCUT2D eigenvalue weighted by molar-refractivity contribution is 5.94. The predicted molar refractivity (Wildman–Crippen MR) is 117 cm³/mol. The van der Waals surface area contributed by atoms with E-state index < -0.39 is 0 Å². The minimum Gasteiger partial charge on any atom is -0.449 e. The number of nitrogens with one attached hydrogen (secondary N) is 2. The summed E-state index contributed by atoms with van der Waals surface area (Å²) in [5.41, 5.74) is 2.85. The average Bonchev–Trinajstić information content (AvgIpc) is 3.10. The van der Waals surface area contributed by atoms with Crippen LogP contribution in [0.2, 0.25) is 0 Å². The zero-order chi connectivity index (χ0) is 19.6. The molecule has 148 valence electrons. The van der Waals surface area contributed by atoms with Crippen molar-refractivity contribution < 1.29 is 9.53 Å². The highest BCUT2D eigenvalue weighted by Crippen LogP contribution is 2.32. The lowest BCUT2D eigenvalue weighted by molar-refractivity contribution is 0.122. The van der Waals surface area contributed by atoms with Gasteiger partial charge in [-0.1, -0.05) is 54.6 Å². The topological polar surface area (TPSA) is 50.4 Å². The SMILES string of the molecule is O=C(Nc1ccccc1-c1ccc2ccccc2c1)OCC1CC2CCC(C1)N2. The van der Waals surface area contributed by atoms with Gasteiger partial charge in [-0.25, -0.2) is 4.79 Å². The van der Waals surface area contributed by atoms with Crippen LogP contribution in [0.5, 0.6) is 0 Å². The number of benzene rings is 3. The molecule has 0 aromatic heterocycles. The number of ether oxygens (including phenoxy) is 1. The molecule has 2 bridgehead atoms. The Morgan fingerprint density at radius 3 is 2.48 bits per heavy atom. The summed E-state index contributed by atoms with van der Waals surface area (Å²) in [6, 6.07) is 23.8. The number of carbonyl (C=O) groups excluding carboxylic acids is 1. The summed E-state index contributed by atoms with van der Waals surface area (Å²) in [6.07, 6.45) is 4.36. The molecule has 0 spiro atoms. The third-order valence-corrected chi connectivity index (χ3v) is 6.25. The summed E-state index contributed by atoms with van der Waals surface area (Å²) in [4.78, 5) is 12.5. The number of fused-ring (bicyclic) bond motifs is 3. The van der Waals surface area contributed by atoms with Crippen molar-refractivity contribution in [3.63, 3.8) is 0 Å². The zero-order valence-electron chi connectivity index (χ0n) is 16.4.